The molecule has 0 saturated heterocycles. The van der Waals surface area contributed by atoms with Crippen LogP contribution in [0.2, 0.25) is 0 Å². The van der Waals surface area contributed by atoms with E-state index in [1.54, 1.807) is 6.92 Å². The van der Waals surface area contributed by atoms with E-state index >= 15 is 0 Å². The van der Waals surface area contributed by atoms with Crippen molar-refractivity contribution < 1.29 is 19.1 Å². The molecule has 0 amide bonds. The molecule has 0 aromatic rings. The molecule has 0 N–H and O–H groups in total. The minimum atomic E-state index is -0.899. The van der Waals surface area contributed by atoms with E-state index in [2.05, 4.69) is 13.8 Å². The maximum Gasteiger partial charge on any atom is 0.316 e. The lowest BCUT2D eigenvalue weighted by atomic mass is 9.71. The standard InChI is InChI=1S/C21H36O4/c1-4-6-8-12-16-24-19(22)18-14-10-11-15-21(18,3)20(23)25-17-13-9-7-5-2/h11,15,18H,4-10,12-14,16-17H2,1-3H3. The van der Waals surface area contributed by atoms with Crippen molar-refractivity contribution in [2.24, 2.45) is 11.3 Å². The summed E-state index contributed by atoms with van der Waals surface area (Å²) in [6, 6.07) is 0. The molecule has 0 aliphatic heterocycles. The molecule has 144 valence electrons. The van der Waals surface area contributed by atoms with Gasteiger partial charge in [-0.1, -0.05) is 64.5 Å². The third-order valence-corrected chi connectivity index (χ3v) is 5.01. The molecule has 0 spiro atoms. The van der Waals surface area contributed by atoms with Crippen LogP contribution in [-0.4, -0.2) is 25.2 Å². The third-order valence-electron chi connectivity index (χ3n) is 5.01. The van der Waals surface area contributed by atoms with E-state index in [1.807, 2.05) is 12.2 Å². The number of ether oxygens (including phenoxy) is 2. The molecule has 1 aliphatic rings. The van der Waals surface area contributed by atoms with Crippen LogP contribution in [-0.2, 0) is 19.1 Å². The monoisotopic (exact) mass is 352 g/mol. The summed E-state index contributed by atoms with van der Waals surface area (Å²) < 4.78 is 10.9. The zero-order valence-electron chi connectivity index (χ0n) is 16.4. The lowest BCUT2D eigenvalue weighted by Gasteiger charge is -2.34. The van der Waals surface area contributed by atoms with E-state index < -0.39 is 11.3 Å². The van der Waals surface area contributed by atoms with Crippen molar-refractivity contribution in [3.63, 3.8) is 0 Å². The van der Waals surface area contributed by atoms with E-state index in [0.29, 0.717) is 19.6 Å². The molecule has 0 saturated carbocycles. The Kier molecular flexibility index (Phi) is 10.5. The van der Waals surface area contributed by atoms with Crippen molar-refractivity contribution >= 4 is 11.9 Å². The van der Waals surface area contributed by atoms with Crippen LogP contribution >= 0.6 is 0 Å². The maximum atomic E-state index is 12.6. The lowest BCUT2D eigenvalue weighted by molar-refractivity contribution is -0.166. The summed E-state index contributed by atoms with van der Waals surface area (Å²) in [5.74, 6) is -0.994. The number of unbranched alkanes of at least 4 members (excludes halogenated alkanes) is 6. The van der Waals surface area contributed by atoms with Gasteiger partial charge in [0.2, 0.25) is 0 Å². The molecular weight excluding hydrogens is 316 g/mol. The lowest BCUT2D eigenvalue weighted by Crippen LogP contribution is -2.42. The van der Waals surface area contributed by atoms with E-state index in [4.69, 9.17) is 9.47 Å². The first-order valence-electron chi connectivity index (χ1n) is 10.1. The van der Waals surface area contributed by atoms with Crippen molar-refractivity contribution in [2.45, 2.75) is 85.0 Å². The largest absolute Gasteiger partial charge is 0.465 e. The van der Waals surface area contributed by atoms with Crippen LogP contribution in [0.4, 0.5) is 0 Å². The third kappa shape index (κ3) is 7.21. The van der Waals surface area contributed by atoms with E-state index in [-0.39, 0.29) is 11.9 Å². The zero-order chi connectivity index (χ0) is 18.5. The van der Waals surface area contributed by atoms with E-state index in [9.17, 15) is 9.59 Å². The van der Waals surface area contributed by atoms with Crippen LogP contribution in [0.5, 0.6) is 0 Å². The van der Waals surface area contributed by atoms with Crippen molar-refractivity contribution in [3.8, 4) is 0 Å². The molecule has 2 unspecified atom stereocenters. The summed E-state index contributed by atoms with van der Waals surface area (Å²) >= 11 is 0. The summed E-state index contributed by atoms with van der Waals surface area (Å²) in [6.07, 6.45) is 13.8. The van der Waals surface area contributed by atoms with Crippen molar-refractivity contribution in [3.05, 3.63) is 12.2 Å². The van der Waals surface area contributed by atoms with Crippen molar-refractivity contribution in [2.75, 3.05) is 13.2 Å². The highest BCUT2D eigenvalue weighted by atomic mass is 16.5. The van der Waals surface area contributed by atoms with Crippen molar-refractivity contribution in [1.82, 2.24) is 0 Å². The molecule has 0 aromatic carbocycles. The summed E-state index contributed by atoms with van der Waals surface area (Å²) in [5, 5.41) is 0. The highest BCUT2D eigenvalue weighted by molar-refractivity contribution is 5.87. The van der Waals surface area contributed by atoms with Crippen LogP contribution < -0.4 is 0 Å². The molecular formula is C21H36O4. The van der Waals surface area contributed by atoms with Crippen LogP contribution in [0, 0.1) is 11.3 Å². The normalized spacial score (nSPS) is 22.6. The first-order chi connectivity index (χ1) is 12.1. The predicted octanol–water partition coefficient (Wildman–Crippen LogP) is 5.21. The zero-order valence-corrected chi connectivity index (χ0v) is 16.4. The van der Waals surface area contributed by atoms with Gasteiger partial charge in [-0.05, 0) is 32.6 Å². The topological polar surface area (TPSA) is 52.6 Å². The number of rotatable bonds is 12. The molecule has 0 bridgehead atoms. The quantitative estimate of drug-likeness (QED) is 0.275. The summed E-state index contributed by atoms with van der Waals surface area (Å²) in [5.41, 5.74) is -0.899. The van der Waals surface area contributed by atoms with Crippen LogP contribution in [0.15, 0.2) is 12.2 Å². The van der Waals surface area contributed by atoms with Crippen LogP contribution in [0.25, 0.3) is 0 Å². The fourth-order valence-electron chi connectivity index (χ4n) is 3.23. The molecule has 1 aliphatic carbocycles. The Balaban J connectivity index is 2.51. The molecule has 4 nitrogen and oxygen atoms in total. The van der Waals surface area contributed by atoms with Crippen molar-refractivity contribution in [1.29, 1.82) is 0 Å². The Bertz CT molecular complexity index is 430. The second-order valence-electron chi connectivity index (χ2n) is 7.24. The Labute approximate surface area is 153 Å². The first-order valence-corrected chi connectivity index (χ1v) is 10.1. The predicted molar refractivity (Wildman–Crippen MR) is 100 cm³/mol. The molecule has 1 rings (SSSR count). The molecule has 2 atom stereocenters. The second-order valence-corrected chi connectivity index (χ2v) is 7.24. The Morgan fingerprint density at radius 1 is 0.960 bits per heavy atom. The van der Waals surface area contributed by atoms with Gasteiger partial charge in [-0.2, -0.15) is 0 Å². The van der Waals surface area contributed by atoms with Gasteiger partial charge in [0.1, 0.15) is 0 Å². The van der Waals surface area contributed by atoms with E-state index in [1.165, 1.54) is 0 Å². The minimum Gasteiger partial charge on any atom is -0.465 e. The van der Waals surface area contributed by atoms with Gasteiger partial charge >= 0.3 is 11.9 Å². The number of hydrogen-bond donors (Lipinski definition) is 0. The molecule has 4 heteroatoms. The number of allylic oxidation sites excluding steroid dienone is 1. The highest BCUT2D eigenvalue weighted by Gasteiger charge is 2.46. The number of carbonyl (C=O) groups excluding carboxylic acids is 2. The van der Waals surface area contributed by atoms with Crippen LogP contribution in [0.3, 0.4) is 0 Å². The summed E-state index contributed by atoms with van der Waals surface area (Å²) in [7, 11) is 0. The average Bonchev–Trinajstić information content (AvgIpc) is 2.61. The molecule has 25 heavy (non-hydrogen) atoms. The molecule has 0 aromatic heterocycles. The molecule has 0 heterocycles. The fraction of sp³-hybridized carbons (Fsp3) is 0.810. The van der Waals surface area contributed by atoms with Gasteiger partial charge in [0.25, 0.3) is 0 Å². The fourth-order valence-corrected chi connectivity index (χ4v) is 3.23. The van der Waals surface area contributed by atoms with Gasteiger partial charge in [0.05, 0.1) is 24.5 Å². The number of esters is 2. The summed E-state index contributed by atoms with van der Waals surface area (Å²) in [6.45, 7) is 6.99. The SMILES string of the molecule is CCCCCCOC(=O)C1CCC=CC1(C)C(=O)OCCCCCC. The summed E-state index contributed by atoms with van der Waals surface area (Å²) in [4.78, 5) is 25.1. The number of hydrogen-bond acceptors (Lipinski definition) is 4. The smallest absolute Gasteiger partial charge is 0.316 e. The van der Waals surface area contributed by atoms with Gasteiger partial charge in [0.15, 0.2) is 0 Å². The first kappa shape index (κ1) is 21.7. The van der Waals surface area contributed by atoms with Gasteiger partial charge < -0.3 is 9.47 Å². The minimum absolute atomic E-state index is 0.258. The maximum absolute atomic E-state index is 12.6. The van der Waals surface area contributed by atoms with Gasteiger partial charge in [-0.15, -0.1) is 0 Å². The Morgan fingerprint density at radius 3 is 2.16 bits per heavy atom. The Morgan fingerprint density at radius 2 is 1.56 bits per heavy atom. The van der Waals surface area contributed by atoms with Gasteiger partial charge in [0, 0.05) is 0 Å². The highest BCUT2D eigenvalue weighted by Crippen LogP contribution is 2.38. The van der Waals surface area contributed by atoms with Gasteiger partial charge in [-0.25, -0.2) is 0 Å². The van der Waals surface area contributed by atoms with Gasteiger partial charge in [-0.3, -0.25) is 9.59 Å². The number of carbonyl (C=O) groups is 2. The average molecular weight is 353 g/mol. The second kappa shape index (κ2) is 12.1. The van der Waals surface area contributed by atoms with E-state index in [0.717, 1.165) is 57.8 Å². The molecule has 0 radical (unpaired) electrons. The van der Waals surface area contributed by atoms with Crippen LogP contribution in [0.1, 0.15) is 85.0 Å². The Hall–Kier alpha value is -1.32. The molecule has 0 fully saturated rings.